The van der Waals surface area contributed by atoms with Gasteiger partial charge in [-0.3, -0.25) is 0 Å². The SMILES string of the molecule is Cc1cc(-c2cc(C(F)(F)F)c(NC3C[C@@H]4CN(CC5CCOCC5)C[C@@H]4C3)nn2)c(C)cc1CO. The Labute approximate surface area is 210 Å². The number of likely N-dealkylation sites (tertiary alicyclic amines) is 1. The number of hydrogen-bond acceptors (Lipinski definition) is 6. The van der Waals surface area contributed by atoms with Gasteiger partial charge in [-0.1, -0.05) is 6.07 Å². The van der Waals surface area contributed by atoms with Crippen molar-refractivity contribution in [1.29, 1.82) is 0 Å². The van der Waals surface area contributed by atoms with Crippen LogP contribution < -0.4 is 5.32 Å². The number of benzene rings is 1. The zero-order valence-corrected chi connectivity index (χ0v) is 20.9. The largest absolute Gasteiger partial charge is 0.420 e. The van der Waals surface area contributed by atoms with Gasteiger partial charge in [-0.2, -0.15) is 13.2 Å². The van der Waals surface area contributed by atoms with Crippen LogP contribution in [0.5, 0.6) is 0 Å². The molecular formula is C27H35F3N4O2. The van der Waals surface area contributed by atoms with Crippen molar-refractivity contribution in [3.05, 3.63) is 40.5 Å². The highest BCUT2D eigenvalue weighted by atomic mass is 19.4. The molecule has 3 aliphatic rings. The standard InChI is InChI=1S/C27H35F3N4O2/c1-16-8-23(17(2)7-21(16)15-35)25-11-24(27(28,29)30)26(33-32-25)31-22-9-19-13-34(14-20(19)10-22)12-18-3-5-36-6-4-18/h7-8,11,18-20,22,35H,3-6,9-10,12-15H2,1-2H3,(H,31,33)/t19-,20+,22?. The van der Waals surface area contributed by atoms with Crippen LogP contribution in [0.4, 0.5) is 19.0 Å². The van der Waals surface area contributed by atoms with Crippen molar-refractivity contribution in [1.82, 2.24) is 15.1 Å². The molecule has 1 aromatic carbocycles. The molecule has 1 aromatic heterocycles. The third kappa shape index (κ3) is 5.38. The zero-order valence-electron chi connectivity index (χ0n) is 20.9. The molecule has 1 aliphatic carbocycles. The van der Waals surface area contributed by atoms with Crippen LogP contribution in [0.3, 0.4) is 0 Å². The Morgan fingerprint density at radius 3 is 2.36 bits per heavy atom. The van der Waals surface area contributed by atoms with Gasteiger partial charge in [0.1, 0.15) is 5.56 Å². The Morgan fingerprint density at radius 2 is 1.72 bits per heavy atom. The lowest BCUT2D eigenvalue weighted by molar-refractivity contribution is -0.137. The average molecular weight is 505 g/mol. The summed E-state index contributed by atoms with van der Waals surface area (Å²) in [5.41, 5.74) is 2.30. The molecule has 1 unspecified atom stereocenters. The lowest BCUT2D eigenvalue weighted by atomic mass is 9.97. The second-order valence-corrected chi connectivity index (χ2v) is 10.8. The molecular weight excluding hydrogens is 469 g/mol. The lowest BCUT2D eigenvalue weighted by Crippen LogP contribution is -2.32. The van der Waals surface area contributed by atoms with Gasteiger partial charge in [-0.15, -0.1) is 10.2 Å². The van der Waals surface area contributed by atoms with Crippen LogP contribution in [0, 0.1) is 31.6 Å². The molecule has 2 aromatic rings. The highest BCUT2D eigenvalue weighted by Gasteiger charge is 2.43. The van der Waals surface area contributed by atoms with E-state index in [9.17, 15) is 18.3 Å². The molecule has 3 heterocycles. The monoisotopic (exact) mass is 504 g/mol. The molecule has 0 spiro atoms. The number of hydrogen-bond donors (Lipinski definition) is 2. The van der Waals surface area contributed by atoms with E-state index in [0.29, 0.717) is 23.3 Å². The maximum absolute atomic E-state index is 14.1. The number of aromatic nitrogens is 2. The first kappa shape index (κ1) is 25.4. The molecule has 6 nitrogen and oxygen atoms in total. The van der Waals surface area contributed by atoms with Gasteiger partial charge < -0.3 is 20.1 Å². The fourth-order valence-electron chi connectivity index (χ4n) is 6.32. The molecule has 196 valence electrons. The summed E-state index contributed by atoms with van der Waals surface area (Å²) in [6, 6.07) is 4.62. The summed E-state index contributed by atoms with van der Waals surface area (Å²) in [6.45, 7) is 8.38. The highest BCUT2D eigenvalue weighted by molar-refractivity contribution is 5.67. The van der Waals surface area contributed by atoms with Gasteiger partial charge in [0.15, 0.2) is 5.82 Å². The molecule has 5 rings (SSSR count). The predicted octanol–water partition coefficient (Wildman–Crippen LogP) is 4.82. The summed E-state index contributed by atoms with van der Waals surface area (Å²) in [5.74, 6) is 1.54. The number of aryl methyl sites for hydroxylation is 2. The first-order valence-corrected chi connectivity index (χ1v) is 12.9. The number of aliphatic hydroxyl groups is 1. The summed E-state index contributed by atoms with van der Waals surface area (Å²) >= 11 is 0. The van der Waals surface area contributed by atoms with Crippen molar-refractivity contribution in [2.45, 2.75) is 58.4 Å². The molecule has 2 saturated heterocycles. The normalized spacial score (nSPS) is 25.3. The third-order valence-electron chi connectivity index (χ3n) is 8.25. The van der Waals surface area contributed by atoms with Crippen molar-refractivity contribution in [3.63, 3.8) is 0 Å². The van der Waals surface area contributed by atoms with Gasteiger partial charge in [-0.25, -0.2) is 0 Å². The van der Waals surface area contributed by atoms with E-state index in [0.717, 1.165) is 81.3 Å². The fourth-order valence-corrected chi connectivity index (χ4v) is 6.32. The van der Waals surface area contributed by atoms with Crippen molar-refractivity contribution in [2.75, 3.05) is 38.2 Å². The molecule has 36 heavy (non-hydrogen) atoms. The number of aliphatic hydroxyl groups excluding tert-OH is 1. The van der Waals surface area contributed by atoms with Gasteiger partial charge in [-0.05, 0) is 86.1 Å². The van der Waals surface area contributed by atoms with Gasteiger partial charge in [0.05, 0.1) is 12.3 Å². The van der Waals surface area contributed by atoms with Crippen molar-refractivity contribution in [3.8, 4) is 11.3 Å². The van der Waals surface area contributed by atoms with E-state index in [-0.39, 0.29) is 24.2 Å². The van der Waals surface area contributed by atoms with Crippen LogP contribution in [0.15, 0.2) is 18.2 Å². The molecule has 0 bridgehead atoms. The Morgan fingerprint density at radius 1 is 1.03 bits per heavy atom. The Balaban J connectivity index is 1.28. The number of rotatable bonds is 6. The van der Waals surface area contributed by atoms with Crippen LogP contribution in [0.1, 0.15) is 47.9 Å². The molecule has 0 radical (unpaired) electrons. The van der Waals surface area contributed by atoms with Gasteiger partial charge in [0.2, 0.25) is 0 Å². The zero-order chi connectivity index (χ0) is 25.4. The van der Waals surface area contributed by atoms with Crippen LogP contribution in [0.25, 0.3) is 11.3 Å². The number of nitrogens with one attached hydrogen (secondary N) is 1. The number of alkyl halides is 3. The molecule has 3 atom stereocenters. The smallest absolute Gasteiger partial charge is 0.392 e. The first-order chi connectivity index (χ1) is 17.2. The molecule has 1 saturated carbocycles. The number of nitrogens with zero attached hydrogens (tertiary/aromatic N) is 3. The average Bonchev–Trinajstić information content (AvgIpc) is 3.38. The minimum atomic E-state index is -4.55. The number of anilines is 1. The van der Waals surface area contributed by atoms with Crippen molar-refractivity contribution >= 4 is 5.82 Å². The van der Waals surface area contributed by atoms with Crippen molar-refractivity contribution in [2.24, 2.45) is 17.8 Å². The Hall–Kier alpha value is -2.23. The molecule has 2 aliphatic heterocycles. The molecule has 0 amide bonds. The van der Waals surface area contributed by atoms with E-state index in [1.807, 2.05) is 6.92 Å². The summed E-state index contributed by atoms with van der Waals surface area (Å²) in [7, 11) is 0. The van der Waals surface area contributed by atoms with Crippen LogP contribution in [0.2, 0.25) is 0 Å². The highest BCUT2D eigenvalue weighted by Crippen LogP contribution is 2.42. The second kappa shape index (κ2) is 10.3. The molecule has 3 fully saturated rings. The van der Waals surface area contributed by atoms with Gasteiger partial charge >= 0.3 is 6.18 Å². The third-order valence-corrected chi connectivity index (χ3v) is 8.25. The Kier molecular flexibility index (Phi) is 7.25. The summed E-state index contributed by atoms with van der Waals surface area (Å²) in [6.07, 6.45) is -0.589. The summed E-state index contributed by atoms with van der Waals surface area (Å²) in [4.78, 5) is 2.55. The van der Waals surface area contributed by atoms with E-state index < -0.39 is 11.7 Å². The maximum Gasteiger partial charge on any atom is 0.420 e. The topological polar surface area (TPSA) is 70.5 Å². The molecule has 9 heteroatoms. The van der Waals surface area contributed by atoms with E-state index >= 15 is 0 Å². The quantitative estimate of drug-likeness (QED) is 0.588. The fraction of sp³-hybridized carbons (Fsp3) is 0.630. The van der Waals surface area contributed by atoms with E-state index in [1.165, 1.54) is 0 Å². The van der Waals surface area contributed by atoms with Crippen molar-refractivity contribution < 1.29 is 23.0 Å². The van der Waals surface area contributed by atoms with E-state index in [4.69, 9.17) is 4.74 Å². The minimum absolute atomic E-state index is 0.0284. The summed E-state index contributed by atoms with van der Waals surface area (Å²) < 4.78 is 47.7. The number of fused-ring (bicyclic) bond motifs is 1. The Bertz CT molecular complexity index is 1070. The lowest BCUT2D eigenvalue weighted by Gasteiger charge is -2.28. The van der Waals surface area contributed by atoms with Gasteiger partial charge in [0.25, 0.3) is 0 Å². The predicted molar refractivity (Wildman–Crippen MR) is 131 cm³/mol. The van der Waals surface area contributed by atoms with Crippen LogP contribution in [-0.2, 0) is 17.5 Å². The van der Waals surface area contributed by atoms with Gasteiger partial charge in [0, 0.05) is 44.5 Å². The number of halogens is 3. The summed E-state index contributed by atoms with van der Waals surface area (Å²) in [5, 5.41) is 20.8. The second-order valence-electron chi connectivity index (χ2n) is 10.8. The van der Waals surface area contributed by atoms with Crippen LogP contribution >= 0.6 is 0 Å². The van der Waals surface area contributed by atoms with E-state index in [1.54, 1.807) is 19.1 Å². The maximum atomic E-state index is 14.1. The van der Waals surface area contributed by atoms with Crippen LogP contribution in [-0.4, -0.2) is 59.1 Å². The molecule has 2 N–H and O–H groups in total. The first-order valence-electron chi connectivity index (χ1n) is 12.9. The minimum Gasteiger partial charge on any atom is -0.392 e. The van der Waals surface area contributed by atoms with E-state index in [2.05, 4.69) is 20.4 Å². The number of ether oxygens (including phenoxy) is 1.